The quantitative estimate of drug-likeness (QED) is 0.226. The number of halogens is 2. The molecule has 0 radical (unpaired) electrons. The summed E-state index contributed by atoms with van der Waals surface area (Å²) in [7, 11) is 0. The highest BCUT2D eigenvalue weighted by molar-refractivity contribution is 14.0. The Morgan fingerprint density at radius 3 is 2.46 bits per heavy atom. The Bertz CT molecular complexity index is 511. The van der Waals surface area contributed by atoms with E-state index in [1.807, 2.05) is 6.92 Å². The molecule has 1 rings (SSSR count). The van der Waals surface area contributed by atoms with Gasteiger partial charge in [0.1, 0.15) is 0 Å². The molecule has 0 unspecified atom stereocenters. The summed E-state index contributed by atoms with van der Waals surface area (Å²) in [5, 5.41) is 9.71. The van der Waals surface area contributed by atoms with Gasteiger partial charge >= 0.3 is 0 Å². The number of benzene rings is 1. The van der Waals surface area contributed by atoms with Crippen LogP contribution in [0.5, 0.6) is 0 Å². The number of hydrogen-bond donors (Lipinski definition) is 3. The van der Waals surface area contributed by atoms with E-state index in [1.165, 1.54) is 12.8 Å². The summed E-state index contributed by atoms with van der Waals surface area (Å²) in [6, 6.07) is 7.02. The van der Waals surface area contributed by atoms with Gasteiger partial charge in [-0.05, 0) is 25.5 Å². The van der Waals surface area contributed by atoms with Crippen molar-refractivity contribution < 1.29 is 4.79 Å². The highest BCUT2D eigenvalue weighted by atomic mass is 127. The number of nitrogens with zero attached hydrogens (tertiary/aromatic N) is 1. The van der Waals surface area contributed by atoms with E-state index in [-0.39, 0.29) is 29.9 Å². The van der Waals surface area contributed by atoms with Crippen LogP contribution in [0.2, 0.25) is 5.02 Å². The Hall–Kier alpha value is -1.02. The average molecular weight is 467 g/mol. The summed E-state index contributed by atoms with van der Waals surface area (Å²) in [5.41, 5.74) is 0.495. The second-order valence-electron chi connectivity index (χ2n) is 5.13. The first kappa shape index (κ1) is 23.0. The van der Waals surface area contributed by atoms with E-state index in [0.29, 0.717) is 23.7 Å². The third-order valence-electron chi connectivity index (χ3n) is 3.20. The Morgan fingerprint density at radius 1 is 1.08 bits per heavy atom. The summed E-state index contributed by atoms with van der Waals surface area (Å²) >= 11 is 6.00. The molecule has 0 saturated carbocycles. The van der Waals surface area contributed by atoms with Crippen molar-refractivity contribution in [2.45, 2.75) is 33.1 Å². The SMILES string of the molecule is CCCCCN=C(NCC)NCCNC(=O)c1ccccc1Cl.I. The van der Waals surface area contributed by atoms with Gasteiger partial charge in [0.2, 0.25) is 0 Å². The van der Waals surface area contributed by atoms with Crippen LogP contribution in [0.1, 0.15) is 43.5 Å². The highest BCUT2D eigenvalue weighted by Crippen LogP contribution is 2.14. The van der Waals surface area contributed by atoms with Crippen molar-refractivity contribution >= 4 is 47.4 Å². The van der Waals surface area contributed by atoms with Crippen LogP contribution in [0, 0.1) is 0 Å². The minimum Gasteiger partial charge on any atom is -0.357 e. The van der Waals surface area contributed by atoms with Crippen LogP contribution in [0.3, 0.4) is 0 Å². The first-order valence-corrected chi connectivity index (χ1v) is 8.61. The van der Waals surface area contributed by atoms with Crippen molar-refractivity contribution in [3.63, 3.8) is 0 Å². The average Bonchev–Trinajstić information content (AvgIpc) is 2.55. The van der Waals surface area contributed by atoms with Crippen LogP contribution in [0.4, 0.5) is 0 Å². The lowest BCUT2D eigenvalue weighted by Crippen LogP contribution is -2.41. The number of carbonyl (C=O) groups excluding carboxylic acids is 1. The molecule has 0 aliphatic rings. The number of unbranched alkanes of at least 4 members (excludes halogenated alkanes) is 2. The zero-order valence-corrected chi connectivity index (χ0v) is 17.5. The maximum absolute atomic E-state index is 12.0. The molecule has 0 saturated heterocycles. The van der Waals surface area contributed by atoms with Gasteiger partial charge in [-0.1, -0.05) is 43.5 Å². The molecule has 136 valence electrons. The molecule has 0 spiro atoms. The number of rotatable bonds is 9. The number of carbonyl (C=O) groups is 1. The van der Waals surface area contributed by atoms with Gasteiger partial charge in [0.25, 0.3) is 5.91 Å². The van der Waals surface area contributed by atoms with E-state index in [0.717, 1.165) is 25.5 Å². The number of amides is 1. The maximum Gasteiger partial charge on any atom is 0.252 e. The molecule has 0 fully saturated rings. The second-order valence-corrected chi connectivity index (χ2v) is 5.54. The van der Waals surface area contributed by atoms with Gasteiger partial charge in [-0.3, -0.25) is 9.79 Å². The molecular formula is C17H28ClIN4O. The molecule has 0 aliphatic heterocycles. The predicted molar refractivity (Wildman–Crippen MR) is 113 cm³/mol. The molecule has 0 bridgehead atoms. The van der Waals surface area contributed by atoms with Gasteiger partial charge in [0.15, 0.2) is 5.96 Å². The van der Waals surface area contributed by atoms with Gasteiger partial charge in [0.05, 0.1) is 10.6 Å². The van der Waals surface area contributed by atoms with Crippen molar-refractivity contribution in [1.82, 2.24) is 16.0 Å². The van der Waals surface area contributed by atoms with Crippen LogP contribution in [-0.2, 0) is 0 Å². The van der Waals surface area contributed by atoms with E-state index < -0.39 is 0 Å². The Labute approximate surface area is 167 Å². The maximum atomic E-state index is 12.0. The van der Waals surface area contributed by atoms with Crippen molar-refractivity contribution in [3.05, 3.63) is 34.9 Å². The zero-order valence-electron chi connectivity index (χ0n) is 14.4. The summed E-state index contributed by atoms with van der Waals surface area (Å²) in [6.45, 7) is 6.94. The van der Waals surface area contributed by atoms with Crippen molar-refractivity contribution in [2.24, 2.45) is 4.99 Å². The fourth-order valence-corrected chi connectivity index (χ4v) is 2.21. The molecule has 0 aromatic heterocycles. The molecule has 0 atom stereocenters. The lowest BCUT2D eigenvalue weighted by molar-refractivity contribution is 0.0954. The van der Waals surface area contributed by atoms with E-state index in [4.69, 9.17) is 11.6 Å². The van der Waals surface area contributed by atoms with Gasteiger partial charge in [-0.15, -0.1) is 24.0 Å². The minimum atomic E-state index is -0.165. The summed E-state index contributed by atoms with van der Waals surface area (Å²) in [5.74, 6) is 0.623. The second kappa shape index (κ2) is 14.3. The minimum absolute atomic E-state index is 0. The lowest BCUT2D eigenvalue weighted by Gasteiger charge is -2.12. The smallest absolute Gasteiger partial charge is 0.252 e. The normalized spacial score (nSPS) is 10.7. The third-order valence-corrected chi connectivity index (χ3v) is 3.53. The van der Waals surface area contributed by atoms with Gasteiger partial charge in [-0.2, -0.15) is 0 Å². The summed E-state index contributed by atoms with van der Waals surface area (Å²) in [4.78, 5) is 16.5. The molecule has 1 amide bonds. The Morgan fingerprint density at radius 2 is 1.79 bits per heavy atom. The number of hydrogen-bond acceptors (Lipinski definition) is 2. The van der Waals surface area contributed by atoms with Crippen LogP contribution < -0.4 is 16.0 Å². The van der Waals surface area contributed by atoms with E-state index in [1.54, 1.807) is 24.3 Å². The van der Waals surface area contributed by atoms with Crippen LogP contribution in [0.25, 0.3) is 0 Å². The first-order chi connectivity index (χ1) is 11.2. The molecule has 3 N–H and O–H groups in total. The van der Waals surface area contributed by atoms with Crippen molar-refractivity contribution in [2.75, 3.05) is 26.2 Å². The van der Waals surface area contributed by atoms with Gasteiger partial charge < -0.3 is 16.0 Å². The monoisotopic (exact) mass is 466 g/mol. The topological polar surface area (TPSA) is 65.5 Å². The third kappa shape index (κ3) is 9.32. The largest absolute Gasteiger partial charge is 0.357 e. The molecule has 5 nitrogen and oxygen atoms in total. The number of nitrogens with one attached hydrogen (secondary N) is 3. The number of aliphatic imine (C=N–C) groups is 1. The molecule has 1 aromatic carbocycles. The van der Waals surface area contributed by atoms with E-state index in [9.17, 15) is 4.79 Å². The molecule has 7 heteroatoms. The predicted octanol–water partition coefficient (Wildman–Crippen LogP) is 3.43. The fraction of sp³-hybridized carbons (Fsp3) is 0.529. The van der Waals surface area contributed by atoms with E-state index >= 15 is 0 Å². The molecular weight excluding hydrogens is 439 g/mol. The first-order valence-electron chi connectivity index (χ1n) is 8.24. The van der Waals surface area contributed by atoms with Crippen molar-refractivity contribution in [3.8, 4) is 0 Å². The van der Waals surface area contributed by atoms with E-state index in [2.05, 4.69) is 27.9 Å². The fourth-order valence-electron chi connectivity index (χ4n) is 1.99. The van der Waals surface area contributed by atoms with Crippen LogP contribution >= 0.6 is 35.6 Å². The molecule has 24 heavy (non-hydrogen) atoms. The molecule has 0 aliphatic carbocycles. The van der Waals surface area contributed by atoms with Crippen molar-refractivity contribution in [1.29, 1.82) is 0 Å². The Balaban J connectivity index is 0.00000529. The number of guanidine groups is 1. The lowest BCUT2D eigenvalue weighted by atomic mass is 10.2. The van der Waals surface area contributed by atoms with Gasteiger partial charge in [-0.25, -0.2) is 0 Å². The summed E-state index contributed by atoms with van der Waals surface area (Å²) < 4.78 is 0. The Kier molecular flexibility index (Phi) is 13.7. The zero-order chi connectivity index (χ0) is 16.9. The highest BCUT2D eigenvalue weighted by Gasteiger charge is 2.08. The molecule has 1 aromatic rings. The standard InChI is InChI=1S/C17H27ClN4O.HI/c1-3-5-8-11-21-17(19-4-2)22-13-12-20-16(23)14-9-6-7-10-15(14)18;/h6-7,9-10H,3-5,8,11-13H2,1-2H3,(H,20,23)(H2,19,21,22);1H. The summed E-state index contributed by atoms with van der Waals surface area (Å²) in [6.07, 6.45) is 3.47. The van der Waals surface area contributed by atoms with Crippen LogP contribution in [-0.4, -0.2) is 38.0 Å². The van der Waals surface area contributed by atoms with Crippen LogP contribution in [0.15, 0.2) is 29.3 Å². The van der Waals surface area contributed by atoms with Gasteiger partial charge in [0, 0.05) is 26.2 Å². The molecule has 0 heterocycles.